The third kappa shape index (κ3) is 3.21. The van der Waals surface area contributed by atoms with Gasteiger partial charge in [-0.2, -0.15) is 5.26 Å². The maximum Gasteiger partial charge on any atom is 0.308 e. The molecule has 3 aliphatic rings. The molecule has 4 rings (SSSR count). The van der Waals surface area contributed by atoms with E-state index in [1.165, 1.54) is 0 Å². The zero-order valence-electron chi connectivity index (χ0n) is 15.4. The van der Waals surface area contributed by atoms with Crippen LogP contribution in [0.3, 0.4) is 0 Å². The van der Waals surface area contributed by atoms with Crippen molar-refractivity contribution in [2.45, 2.75) is 43.6 Å². The number of nitrogens with zero attached hydrogens (tertiary/aromatic N) is 2. The summed E-state index contributed by atoms with van der Waals surface area (Å²) in [5.41, 5.74) is 0.530. The van der Waals surface area contributed by atoms with Crippen molar-refractivity contribution >= 4 is 11.9 Å². The largest absolute Gasteiger partial charge is 0.481 e. The third-order valence-corrected chi connectivity index (χ3v) is 6.76. The van der Waals surface area contributed by atoms with Gasteiger partial charge in [0.25, 0.3) is 0 Å². The summed E-state index contributed by atoms with van der Waals surface area (Å²) in [5.74, 6) is -1.68. The third-order valence-electron chi connectivity index (χ3n) is 6.76. The standard InChI is InChI=1S/C21H25N3O3/c22-13-21(15-4-2-1-3-5-15)8-10-24(11-9-21)18(25)17-16(19(26)27)12-20(6-7-20)14-23-17/h1-5,16-17,23H,6-12,14H2,(H,26,27). The molecule has 1 aromatic carbocycles. The molecule has 142 valence electrons. The molecule has 1 saturated carbocycles. The van der Waals surface area contributed by atoms with Gasteiger partial charge in [0.1, 0.15) is 6.04 Å². The Morgan fingerprint density at radius 3 is 2.37 bits per heavy atom. The summed E-state index contributed by atoms with van der Waals surface area (Å²) in [5, 5.41) is 22.7. The first-order valence-corrected chi connectivity index (χ1v) is 9.70. The van der Waals surface area contributed by atoms with Crippen molar-refractivity contribution in [3.63, 3.8) is 0 Å². The number of nitrogens with one attached hydrogen (secondary N) is 1. The highest BCUT2D eigenvalue weighted by Crippen LogP contribution is 2.52. The molecule has 3 fully saturated rings. The molecular formula is C21H25N3O3. The zero-order valence-corrected chi connectivity index (χ0v) is 15.4. The minimum absolute atomic E-state index is 0.102. The number of carbonyl (C=O) groups excluding carboxylic acids is 1. The fraction of sp³-hybridized carbons (Fsp3) is 0.571. The van der Waals surface area contributed by atoms with Gasteiger partial charge >= 0.3 is 5.97 Å². The molecule has 0 aromatic heterocycles. The summed E-state index contributed by atoms with van der Waals surface area (Å²) >= 11 is 0. The van der Waals surface area contributed by atoms with E-state index in [9.17, 15) is 20.0 Å². The fourth-order valence-corrected chi connectivity index (χ4v) is 4.70. The predicted molar refractivity (Wildman–Crippen MR) is 98.7 cm³/mol. The maximum atomic E-state index is 13.1. The number of nitriles is 1. The molecule has 6 heteroatoms. The van der Waals surface area contributed by atoms with Gasteiger partial charge in [-0.3, -0.25) is 9.59 Å². The van der Waals surface area contributed by atoms with Crippen molar-refractivity contribution in [2.75, 3.05) is 19.6 Å². The van der Waals surface area contributed by atoms with Gasteiger partial charge in [-0.05, 0) is 43.1 Å². The molecule has 2 saturated heterocycles. The molecule has 1 aromatic rings. The molecule has 6 nitrogen and oxygen atoms in total. The monoisotopic (exact) mass is 367 g/mol. The summed E-state index contributed by atoms with van der Waals surface area (Å²) in [7, 11) is 0. The first kappa shape index (κ1) is 18.0. The SMILES string of the molecule is N#CC1(c2ccccc2)CCN(C(=O)C2NCC3(CC3)CC2C(=O)O)CC1. The number of benzene rings is 1. The van der Waals surface area contributed by atoms with Crippen LogP contribution < -0.4 is 5.32 Å². The van der Waals surface area contributed by atoms with Crippen LogP contribution in [0.15, 0.2) is 30.3 Å². The Bertz CT molecular complexity index is 774. The quantitative estimate of drug-likeness (QED) is 0.851. The topological polar surface area (TPSA) is 93.4 Å². The first-order chi connectivity index (χ1) is 13.0. The van der Waals surface area contributed by atoms with Crippen LogP contribution >= 0.6 is 0 Å². The lowest BCUT2D eigenvalue weighted by Gasteiger charge is -2.41. The van der Waals surface area contributed by atoms with Gasteiger partial charge in [-0.15, -0.1) is 0 Å². The number of rotatable bonds is 3. The zero-order chi connectivity index (χ0) is 19.1. The van der Waals surface area contributed by atoms with E-state index in [0.29, 0.717) is 32.4 Å². The minimum atomic E-state index is -0.889. The number of hydrogen-bond acceptors (Lipinski definition) is 4. The van der Waals surface area contributed by atoms with Gasteiger partial charge in [0, 0.05) is 19.6 Å². The number of amides is 1. The lowest BCUT2D eigenvalue weighted by molar-refractivity contribution is -0.151. The number of likely N-dealkylation sites (tertiary alicyclic amines) is 1. The molecule has 2 heterocycles. The second-order valence-corrected chi connectivity index (χ2v) is 8.39. The predicted octanol–water partition coefficient (Wildman–Crippen LogP) is 1.91. The van der Waals surface area contributed by atoms with E-state index in [1.54, 1.807) is 4.90 Å². The number of hydrogen-bond donors (Lipinski definition) is 2. The molecule has 27 heavy (non-hydrogen) atoms. The summed E-state index contributed by atoms with van der Waals surface area (Å²) < 4.78 is 0. The second kappa shape index (κ2) is 6.65. The number of piperidine rings is 2. The number of carbonyl (C=O) groups is 2. The molecule has 1 spiro atoms. The van der Waals surface area contributed by atoms with Crippen molar-refractivity contribution in [3.8, 4) is 6.07 Å². The number of carboxylic acids is 1. The van der Waals surface area contributed by atoms with Crippen LogP contribution in [0, 0.1) is 22.7 Å². The van der Waals surface area contributed by atoms with E-state index >= 15 is 0 Å². The molecule has 0 radical (unpaired) electrons. The van der Waals surface area contributed by atoms with Crippen molar-refractivity contribution in [1.29, 1.82) is 5.26 Å². The van der Waals surface area contributed by atoms with Gasteiger partial charge < -0.3 is 15.3 Å². The summed E-state index contributed by atoms with van der Waals surface area (Å²) in [6, 6.07) is 11.6. The van der Waals surface area contributed by atoms with E-state index in [2.05, 4.69) is 11.4 Å². The Hall–Kier alpha value is -2.39. The van der Waals surface area contributed by atoms with Crippen LogP contribution in [0.25, 0.3) is 0 Å². The summed E-state index contributed by atoms with van der Waals surface area (Å²) in [6.07, 6.45) is 3.85. The highest BCUT2D eigenvalue weighted by atomic mass is 16.4. The summed E-state index contributed by atoms with van der Waals surface area (Å²) in [4.78, 5) is 26.5. The Morgan fingerprint density at radius 1 is 1.15 bits per heavy atom. The van der Waals surface area contributed by atoms with E-state index in [0.717, 1.165) is 24.9 Å². The van der Waals surface area contributed by atoms with Gasteiger partial charge in [0.05, 0.1) is 17.4 Å². The maximum absolute atomic E-state index is 13.1. The Morgan fingerprint density at radius 2 is 1.81 bits per heavy atom. The average molecular weight is 367 g/mol. The van der Waals surface area contributed by atoms with Gasteiger partial charge in [0.15, 0.2) is 0 Å². The van der Waals surface area contributed by atoms with Crippen LogP contribution in [0.2, 0.25) is 0 Å². The molecule has 2 unspecified atom stereocenters. The second-order valence-electron chi connectivity index (χ2n) is 8.39. The van der Waals surface area contributed by atoms with Crippen LogP contribution in [0.5, 0.6) is 0 Å². The Kier molecular flexibility index (Phi) is 4.43. The summed E-state index contributed by atoms with van der Waals surface area (Å²) in [6.45, 7) is 1.70. The van der Waals surface area contributed by atoms with Gasteiger partial charge in [-0.1, -0.05) is 30.3 Å². The molecular weight excluding hydrogens is 342 g/mol. The highest BCUT2D eigenvalue weighted by Gasteiger charge is 2.53. The molecule has 2 atom stereocenters. The van der Waals surface area contributed by atoms with Gasteiger partial charge in [-0.25, -0.2) is 0 Å². The normalized spacial score (nSPS) is 28.3. The highest BCUT2D eigenvalue weighted by molar-refractivity contribution is 5.88. The van der Waals surface area contributed by atoms with Crippen molar-refractivity contribution in [2.24, 2.45) is 11.3 Å². The molecule has 0 bridgehead atoms. The number of aliphatic carboxylic acids is 1. The van der Waals surface area contributed by atoms with Gasteiger partial charge in [0.2, 0.25) is 5.91 Å². The molecule has 2 aliphatic heterocycles. The van der Waals surface area contributed by atoms with E-state index in [-0.39, 0.29) is 11.3 Å². The van der Waals surface area contributed by atoms with Crippen molar-refractivity contribution in [1.82, 2.24) is 10.2 Å². The van der Waals surface area contributed by atoms with Crippen molar-refractivity contribution < 1.29 is 14.7 Å². The fourth-order valence-electron chi connectivity index (χ4n) is 4.70. The first-order valence-electron chi connectivity index (χ1n) is 9.70. The van der Waals surface area contributed by atoms with Crippen LogP contribution in [-0.2, 0) is 15.0 Å². The Labute approximate surface area is 159 Å². The smallest absolute Gasteiger partial charge is 0.308 e. The van der Waals surface area contributed by atoms with Crippen LogP contribution in [0.1, 0.15) is 37.7 Å². The van der Waals surface area contributed by atoms with Crippen LogP contribution in [0.4, 0.5) is 0 Å². The van der Waals surface area contributed by atoms with Crippen LogP contribution in [-0.4, -0.2) is 47.6 Å². The van der Waals surface area contributed by atoms with E-state index in [4.69, 9.17) is 0 Å². The lowest BCUT2D eigenvalue weighted by atomic mass is 9.73. The van der Waals surface area contributed by atoms with E-state index < -0.39 is 23.3 Å². The molecule has 2 N–H and O–H groups in total. The molecule has 1 amide bonds. The van der Waals surface area contributed by atoms with E-state index in [1.807, 2.05) is 30.3 Å². The lowest BCUT2D eigenvalue weighted by Crippen LogP contribution is -2.59. The van der Waals surface area contributed by atoms with Crippen molar-refractivity contribution in [3.05, 3.63) is 35.9 Å². The Balaban J connectivity index is 1.45. The average Bonchev–Trinajstić information content (AvgIpc) is 3.47. The number of carboxylic acid groups (broad SMARTS) is 1. The molecule has 1 aliphatic carbocycles. The minimum Gasteiger partial charge on any atom is -0.481 e.